The van der Waals surface area contributed by atoms with Crippen LogP contribution in [-0.2, 0) is 6.54 Å². The summed E-state index contributed by atoms with van der Waals surface area (Å²) in [7, 11) is 0. The Morgan fingerprint density at radius 3 is 2.61 bits per heavy atom. The molecule has 0 aliphatic rings. The van der Waals surface area contributed by atoms with Crippen LogP contribution in [0.1, 0.15) is 29.9 Å². The molecule has 0 spiro atoms. The SMILES string of the molecule is CC(C)N(Cc1ccccc1)C(=O)c1cocn1. The highest BCUT2D eigenvalue weighted by Gasteiger charge is 2.20. The van der Waals surface area contributed by atoms with Crippen molar-refractivity contribution in [3.8, 4) is 0 Å². The number of hydrogen-bond donors (Lipinski definition) is 0. The van der Waals surface area contributed by atoms with Crippen LogP contribution in [-0.4, -0.2) is 21.8 Å². The van der Waals surface area contributed by atoms with E-state index >= 15 is 0 Å². The number of aromatic nitrogens is 1. The number of rotatable bonds is 4. The van der Waals surface area contributed by atoms with E-state index < -0.39 is 0 Å². The Morgan fingerprint density at radius 2 is 2.06 bits per heavy atom. The maximum atomic E-state index is 12.3. The normalized spacial score (nSPS) is 10.6. The summed E-state index contributed by atoms with van der Waals surface area (Å²) in [6.07, 6.45) is 2.65. The first-order valence-electron chi connectivity index (χ1n) is 5.91. The Hall–Kier alpha value is -2.10. The predicted molar refractivity (Wildman–Crippen MR) is 68.0 cm³/mol. The topological polar surface area (TPSA) is 46.3 Å². The van der Waals surface area contributed by atoms with Crippen LogP contribution in [0.15, 0.2) is 47.4 Å². The smallest absolute Gasteiger partial charge is 0.276 e. The van der Waals surface area contributed by atoms with Gasteiger partial charge in [-0.2, -0.15) is 0 Å². The molecule has 0 aliphatic carbocycles. The Bertz CT molecular complexity index is 492. The molecule has 94 valence electrons. The van der Waals surface area contributed by atoms with Crippen molar-refractivity contribution in [3.05, 3.63) is 54.2 Å². The van der Waals surface area contributed by atoms with Gasteiger partial charge in [-0.3, -0.25) is 4.79 Å². The van der Waals surface area contributed by atoms with Crippen molar-refractivity contribution in [2.24, 2.45) is 0 Å². The Kier molecular flexibility index (Phi) is 3.77. The van der Waals surface area contributed by atoms with Gasteiger partial charge >= 0.3 is 0 Å². The van der Waals surface area contributed by atoms with Crippen LogP contribution in [0.2, 0.25) is 0 Å². The zero-order valence-corrected chi connectivity index (χ0v) is 10.5. The summed E-state index contributed by atoms with van der Waals surface area (Å²) in [6.45, 7) is 4.55. The highest BCUT2D eigenvalue weighted by Crippen LogP contribution is 2.12. The fourth-order valence-electron chi connectivity index (χ4n) is 1.73. The molecule has 0 N–H and O–H groups in total. The van der Waals surface area contributed by atoms with Crippen molar-refractivity contribution in [1.29, 1.82) is 0 Å². The Balaban J connectivity index is 2.17. The van der Waals surface area contributed by atoms with Crippen molar-refractivity contribution in [2.45, 2.75) is 26.4 Å². The minimum absolute atomic E-state index is 0.106. The van der Waals surface area contributed by atoms with Crippen molar-refractivity contribution in [1.82, 2.24) is 9.88 Å². The molecule has 1 amide bonds. The van der Waals surface area contributed by atoms with E-state index in [1.807, 2.05) is 44.2 Å². The summed E-state index contributed by atoms with van der Waals surface area (Å²) < 4.78 is 4.86. The van der Waals surface area contributed by atoms with Gasteiger partial charge in [-0.1, -0.05) is 30.3 Å². The summed E-state index contributed by atoms with van der Waals surface area (Å²) >= 11 is 0. The zero-order valence-electron chi connectivity index (χ0n) is 10.5. The third kappa shape index (κ3) is 2.77. The lowest BCUT2D eigenvalue weighted by atomic mass is 10.2. The van der Waals surface area contributed by atoms with E-state index in [0.717, 1.165) is 5.56 Å². The second-order valence-electron chi connectivity index (χ2n) is 4.39. The van der Waals surface area contributed by atoms with E-state index in [4.69, 9.17) is 4.42 Å². The number of hydrogen-bond acceptors (Lipinski definition) is 3. The second-order valence-corrected chi connectivity index (χ2v) is 4.39. The summed E-state index contributed by atoms with van der Waals surface area (Å²) in [6, 6.07) is 10.0. The minimum Gasteiger partial charge on any atom is -0.451 e. The van der Waals surface area contributed by atoms with Gasteiger partial charge in [0, 0.05) is 12.6 Å². The summed E-state index contributed by atoms with van der Waals surface area (Å²) in [4.78, 5) is 17.9. The third-order valence-corrected chi connectivity index (χ3v) is 2.73. The van der Waals surface area contributed by atoms with E-state index in [2.05, 4.69) is 4.98 Å². The summed E-state index contributed by atoms with van der Waals surface area (Å²) in [5.41, 5.74) is 1.45. The highest BCUT2D eigenvalue weighted by atomic mass is 16.3. The fraction of sp³-hybridized carbons (Fsp3) is 0.286. The van der Waals surface area contributed by atoms with Crippen LogP contribution in [0.25, 0.3) is 0 Å². The quantitative estimate of drug-likeness (QED) is 0.830. The third-order valence-electron chi connectivity index (χ3n) is 2.73. The van der Waals surface area contributed by atoms with Gasteiger partial charge in [0.05, 0.1) is 0 Å². The van der Waals surface area contributed by atoms with Gasteiger partial charge < -0.3 is 9.32 Å². The maximum absolute atomic E-state index is 12.3. The first kappa shape index (κ1) is 12.4. The Morgan fingerprint density at radius 1 is 1.33 bits per heavy atom. The summed E-state index contributed by atoms with van der Waals surface area (Å²) in [5, 5.41) is 0. The second kappa shape index (κ2) is 5.49. The number of oxazole rings is 1. The van der Waals surface area contributed by atoms with Crippen molar-refractivity contribution in [2.75, 3.05) is 0 Å². The first-order chi connectivity index (χ1) is 8.68. The molecular weight excluding hydrogens is 228 g/mol. The molecule has 4 heteroatoms. The molecule has 0 saturated carbocycles. The van der Waals surface area contributed by atoms with Crippen molar-refractivity contribution >= 4 is 5.91 Å². The standard InChI is InChI=1S/C14H16N2O2/c1-11(2)16(8-12-6-4-3-5-7-12)14(17)13-9-18-10-15-13/h3-7,9-11H,8H2,1-2H3. The van der Waals surface area contributed by atoms with Gasteiger partial charge in [0.2, 0.25) is 0 Å². The molecule has 0 bridgehead atoms. The maximum Gasteiger partial charge on any atom is 0.276 e. The summed E-state index contributed by atoms with van der Waals surface area (Å²) in [5.74, 6) is -0.109. The van der Waals surface area contributed by atoms with Gasteiger partial charge in [0.25, 0.3) is 5.91 Å². The number of amides is 1. The van der Waals surface area contributed by atoms with E-state index in [9.17, 15) is 4.79 Å². The van der Waals surface area contributed by atoms with Gasteiger partial charge in [-0.05, 0) is 19.4 Å². The van der Waals surface area contributed by atoms with Crippen LogP contribution in [0, 0.1) is 0 Å². The van der Waals surface area contributed by atoms with Gasteiger partial charge in [-0.25, -0.2) is 4.98 Å². The van der Waals surface area contributed by atoms with Gasteiger partial charge in [-0.15, -0.1) is 0 Å². The van der Waals surface area contributed by atoms with Crippen molar-refractivity contribution in [3.63, 3.8) is 0 Å². The number of benzene rings is 1. The van der Waals surface area contributed by atoms with Gasteiger partial charge in [0.15, 0.2) is 12.1 Å². The first-order valence-corrected chi connectivity index (χ1v) is 5.91. The average Bonchev–Trinajstić information content (AvgIpc) is 2.90. The van der Waals surface area contributed by atoms with Crippen molar-refractivity contribution < 1.29 is 9.21 Å². The molecule has 4 nitrogen and oxygen atoms in total. The molecule has 0 fully saturated rings. The highest BCUT2D eigenvalue weighted by molar-refractivity contribution is 5.92. The zero-order chi connectivity index (χ0) is 13.0. The van der Waals surface area contributed by atoms with Crippen LogP contribution in [0.3, 0.4) is 0 Å². The number of carbonyl (C=O) groups excluding carboxylic acids is 1. The lowest BCUT2D eigenvalue weighted by Gasteiger charge is -2.25. The molecule has 1 aromatic carbocycles. The molecule has 2 rings (SSSR count). The van der Waals surface area contributed by atoms with E-state index in [-0.39, 0.29) is 11.9 Å². The largest absolute Gasteiger partial charge is 0.451 e. The predicted octanol–water partition coefficient (Wildman–Crippen LogP) is 2.73. The molecule has 2 aromatic rings. The number of nitrogens with zero attached hydrogens (tertiary/aromatic N) is 2. The molecule has 0 aliphatic heterocycles. The molecule has 1 heterocycles. The van der Waals surface area contributed by atoms with E-state index in [1.165, 1.54) is 12.7 Å². The van der Waals surface area contributed by atoms with Crippen LogP contribution in [0.5, 0.6) is 0 Å². The fourth-order valence-corrected chi connectivity index (χ4v) is 1.73. The monoisotopic (exact) mass is 244 g/mol. The molecule has 0 unspecified atom stereocenters. The van der Waals surface area contributed by atoms with Gasteiger partial charge in [0.1, 0.15) is 6.26 Å². The van der Waals surface area contributed by atoms with Crippen LogP contribution >= 0.6 is 0 Å². The van der Waals surface area contributed by atoms with Crippen LogP contribution in [0.4, 0.5) is 0 Å². The van der Waals surface area contributed by atoms with E-state index in [0.29, 0.717) is 12.2 Å². The Labute approximate surface area is 106 Å². The molecule has 0 atom stereocenters. The average molecular weight is 244 g/mol. The molecule has 0 radical (unpaired) electrons. The number of carbonyl (C=O) groups is 1. The molecule has 18 heavy (non-hydrogen) atoms. The lowest BCUT2D eigenvalue weighted by Crippen LogP contribution is -2.36. The molecule has 1 aromatic heterocycles. The minimum atomic E-state index is -0.109. The van der Waals surface area contributed by atoms with E-state index in [1.54, 1.807) is 4.90 Å². The van der Waals surface area contributed by atoms with Crippen LogP contribution < -0.4 is 0 Å². The molecular formula is C14H16N2O2. The lowest BCUT2D eigenvalue weighted by molar-refractivity contribution is 0.0684. The molecule has 0 saturated heterocycles.